The molecule has 4 nitrogen and oxygen atoms in total. The van der Waals surface area contributed by atoms with Gasteiger partial charge in [0, 0.05) is 18.9 Å². The molecule has 0 atom stereocenters. The molecule has 0 aliphatic heterocycles. The van der Waals surface area contributed by atoms with Gasteiger partial charge in [0.05, 0.1) is 5.56 Å². The van der Waals surface area contributed by atoms with Crippen LogP contribution in [-0.2, 0) is 6.42 Å². The van der Waals surface area contributed by atoms with E-state index in [0.717, 1.165) is 17.7 Å². The number of nitrogens with one attached hydrogen (secondary N) is 1. The average Bonchev–Trinajstić information content (AvgIpc) is 2.48. The highest BCUT2D eigenvalue weighted by atomic mass is 16.5. The molecule has 1 aromatic heterocycles. The number of carbonyl (C=O) groups is 1. The molecule has 0 bridgehead atoms. The van der Waals surface area contributed by atoms with E-state index in [2.05, 4.69) is 10.3 Å². The van der Waals surface area contributed by atoms with Crippen molar-refractivity contribution in [2.45, 2.75) is 32.8 Å². The fourth-order valence-electron chi connectivity index (χ4n) is 2.00. The van der Waals surface area contributed by atoms with Crippen LogP contribution in [0.15, 0.2) is 48.8 Å². The Kier molecular flexibility index (Phi) is 5.15. The number of amides is 1. The molecule has 0 saturated carbocycles. The summed E-state index contributed by atoms with van der Waals surface area (Å²) in [5.74, 6) is 0.761. The molecule has 22 heavy (non-hydrogen) atoms. The Bertz CT molecular complexity index is 601. The lowest BCUT2D eigenvalue weighted by molar-refractivity contribution is 0.0953. The van der Waals surface area contributed by atoms with E-state index in [4.69, 9.17) is 4.74 Å². The normalized spacial score (nSPS) is 11.0. The Labute approximate surface area is 131 Å². The van der Waals surface area contributed by atoms with Crippen LogP contribution in [0.3, 0.4) is 0 Å². The van der Waals surface area contributed by atoms with Crippen molar-refractivity contribution in [3.05, 3.63) is 59.9 Å². The number of hydrogen-bond acceptors (Lipinski definition) is 3. The summed E-state index contributed by atoms with van der Waals surface area (Å²) in [6.45, 7) is 6.66. The maximum Gasteiger partial charge on any atom is 0.252 e. The third-order valence-electron chi connectivity index (χ3n) is 2.97. The van der Waals surface area contributed by atoms with Gasteiger partial charge in [-0.05, 0) is 57.0 Å². The van der Waals surface area contributed by atoms with Gasteiger partial charge in [0.15, 0.2) is 0 Å². The summed E-state index contributed by atoms with van der Waals surface area (Å²) < 4.78 is 5.78. The largest absolute Gasteiger partial charge is 0.488 e. The lowest BCUT2D eigenvalue weighted by atomic mass is 10.1. The van der Waals surface area contributed by atoms with Crippen LogP contribution in [-0.4, -0.2) is 23.0 Å². The summed E-state index contributed by atoms with van der Waals surface area (Å²) in [5.41, 5.74) is 1.54. The van der Waals surface area contributed by atoms with Crippen molar-refractivity contribution in [3.63, 3.8) is 0 Å². The predicted octanol–water partition coefficient (Wildman–Crippen LogP) is 3.23. The summed E-state index contributed by atoms with van der Waals surface area (Å²) in [4.78, 5) is 15.8. The van der Waals surface area contributed by atoms with Gasteiger partial charge in [-0.2, -0.15) is 0 Å². The van der Waals surface area contributed by atoms with Crippen LogP contribution in [0.5, 0.6) is 5.75 Å². The Morgan fingerprint density at radius 2 is 1.91 bits per heavy atom. The summed E-state index contributed by atoms with van der Waals surface area (Å²) in [7, 11) is 0. The average molecular weight is 298 g/mol. The monoisotopic (exact) mass is 298 g/mol. The van der Waals surface area contributed by atoms with Gasteiger partial charge in [-0.3, -0.25) is 9.78 Å². The highest BCUT2D eigenvalue weighted by molar-refractivity contribution is 5.93. The molecule has 0 spiro atoms. The van der Waals surface area contributed by atoms with Gasteiger partial charge in [0.25, 0.3) is 5.91 Å². The molecule has 2 aromatic rings. The van der Waals surface area contributed by atoms with Gasteiger partial charge >= 0.3 is 0 Å². The SMILES string of the molecule is CC(C)(C)Oc1ccc(CCNC(=O)c2cccnc2)cc1. The van der Waals surface area contributed by atoms with Crippen molar-refractivity contribution in [2.75, 3.05) is 6.54 Å². The van der Waals surface area contributed by atoms with Gasteiger partial charge < -0.3 is 10.1 Å². The van der Waals surface area contributed by atoms with E-state index in [9.17, 15) is 4.79 Å². The fourth-order valence-corrected chi connectivity index (χ4v) is 2.00. The molecule has 0 fully saturated rings. The maximum atomic E-state index is 11.9. The van der Waals surface area contributed by atoms with E-state index in [1.54, 1.807) is 24.5 Å². The molecule has 1 N–H and O–H groups in total. The first-order chi connectivity index (χ1) is 10.4. The van der Waals surface area contributed by atoms with Gasteiger partial charge in [-0.25, -0.2) is 0 Å². The molecule has 2 rings (SSSR count). The van der Waals surface area contributed by atoms with Crippen LogP contribution in [0.2, 0.25) is 0 Å². The number of hydrogen-bond donors (Lipinski definition) is 1. The second-order valence-electron chi connectivity index (χ2n) is 6.11. The van der Waals surface area contributed by atoms with Gasteiger partial charge in [0.2, 0.25) is 0 Å². The van der Waals surface area contributed by atoms with Crippen LogP contribution in [0.1, 0.15) is 36.7 Å². The zero-order chi connectivity index (χ0) is 16.0. The minimum Gasteiger partial charge on any atom is -0.488 e. The molecular formula is C18H22N2O2. The quantitative estimate of drug-likeness (QED) is 0.922. The predicted molar refractivity (Wildman–Crippen MR) is 87.1 cm³/mol. The van der Waals surface area contributed by atoms with Crippen LogP contribution in [0.25, 0.3) is 0 Å². The first kappa shape index (κ1) is 16.0. The molecule has 0 aliphatic carbocycles. The van der Waals surface area contributed by atoms with Crippen molar-refractivity contribution in [3.8, 4) is 5.75 Å². The van der Waals surface area contributed by atoms with E-state index in [1.165, 1.54) is 0 Å². The van der Waals surface area contributed by atoms with E-state index in [-0.39, 0.29) is 11.5 Å². The highest BCUT2D eigenvalue weighted by Gasteiger charge is 2.11. The number of benzene rings is 1. The summed E-state index contributed by atoms with van der Waals surface area (Å²) in [6.07, 6.45) is 3.99. The molecule has 4 heteroatoms. The van der Waals surface area contributed by atoms with Crippen LogP contribution in [0, 0.1) is 0 Å². The van der Waals surface area contributed by atoms with Gasteiger partial charge in [-0.1, -0.05) is 12.1 Å². The van der Waals surface area contributed by atoms with Crippen LogP contribution >= 0.6 is 0 Å². The Balaban J connectivity index is 1.81. The molecular weight excluding hydrogens is 276 g/mol. The molecule has 116 valence electrons. The summed E-state index contributed by atoms with van der Waals surface area (Å²) in [5, 5.41) is 2.89. The summed E-state index contributed by atoms with van der Waals surface area (Å²) in [6, 6.07) is 11.5. The highest BCUT2D eigenvalue weighted by Crippen LogP contribution is 2.18. The van der Waals surface area contributed by atoms with Crippen molar-refractivity contribution in [2.24, 2.45) is 0 Å². The minimum atomic E-state index is -0.195. The van der Waals surface area contributed by atoms with Crippen LogP contribution in [0.4, 0.5) is 0 Å². The lowest BCUT2D eigenvalue weighted by Gasteiger charge is -2.21. The van der Waals surface area contributed by atoms with Crippen molar-refractivity contribution in [1.29, 1.82) is 0 Å². The second-order valence-corrected chi connectivity index (χ2v) is 6.11. The van der Waals surface area contributed by atoms with E-state index in [1.807, 2.05) is 45.0 Å². The van der Waals surface area contributed by atoms with E-state index >= 15 is 0 Å². The zero-order valence-corrected chi connectivity index (χ0v) is 13.3. The number of ether oxygens (including phenoxy) is 1. The standard InChI is InChI=1S/C18H22N2O2/c1-18(2,3)22-16-8-6-14(7-9-16)10-12-20-17(21)15-5-4-11-19-13-15/h4-9,11,13H,10,12H2,1-3H3,(H,20,21). The topological polar surface area (TPSA) is 51.2 Å². The molecule has 0 aliphatic rings. The third-order valence-corrected chi connectivity index (χ3v) is 2.97. The van der Waals surface area contributed by atoms with Crippen molar-refractivity contribution in [1.82, 2.24) is 10.3 Å². The molecule has 1 aromatic carbocycles. The molecule has 1 heterocycles. The Morgan fingerprint density at radius 3 is 2.50 bits per heavy atom. The van der Waals surface area contributed by atoms with Gasteiger partial charge in [-0.15, -0.1) is 0 Å². The number of rotatable bonds is 5. The first-order valence-corrected chi connectivity index (χ1v) is 7.40. The lowest BCUT2D eigenvalue weighted by Crippen LogP contribution is -2.25. The molecule has 0 saturated heterocycles. The zero-order valence-electron chi connectivity index (χ0n) is 13.3. The minimum absolute atomic E-state index is 0.0965. The van der Waals surface area contributed by atoms with E-state index in [0.29, 0.717) is 12.1 Å². The molecule has 0 unspecified atom stereocenters. The molecule has 0 radical (unpaired) electrons. The second kappa shape index (κ2) is 7.07. The number of carbonyl (C=O) groups excluding carboxylic acids is 1. The van der Waals surface area contributed by atoms with Gasteiger partial charge in [0.1, 0.15) is 11.4 Å². The summed E-state index contributed by atoms with van der Waals surface area (Å²) >= 11 is 0. The Morgan fingerprint density at radius 1 is 1.18 bits per heavy atom. The number of nitrogens with zero attached hydrogens (tertiary/aromatic N) is 1. The van der Waals surface area contributed by atoms with Crippen LogP contribution < -0.4 is 10.1 Å². The van der Waals surface area contributed by atoms with Crippen molar-refractivity contribution >= 4 is 5.91 Å². The third kappa shape index (κ3) is 5.20. The smallest absolute Gasteiger partial charge is 0.252 e. The van der Waals surface area contributed by atoms with E-state index < -0.39 is 0 Å². The number of aromatic nitrogens is 1. The van der Waals surface area contributed by atoms with Crippen molar-refractivity contribution < 1.29 is 9.53 Å². The fraction of sp³-hybridized carbons (Fsp3) is 0.333. The first-order valence-electron chi connectivity index (χ1n) is 7.40. The Hall–Kier alpha value is -2.36. The maximum absolute atomic E-state index is 11.9. The number of pyridine rings is 1. The molecule has 1 amide bonds.